The first kappa shape index (κ1) is 28.2. The number of aliphatic hydroxyl groups excluding tert-OH is 1. The van der Waals surface area contributed by atoms with Crippen LogP contribution in [-0.4, -0.2) is 81.8 Å². The number of anilines is 1. The summed E-state index contributed by atoms with van der Waals surface area (Å²) in [5.74, 6) is 1.76. The normalized spacial score (nSPS) is 21.1. The standard InChI is InChI=1S/C28H39N3O6S/c1-19-15-31(20(2)18-32)28(33)14-22-13-23(29-38(34,35)25-10-8-24(36-4)9-11-25)7-12-26(22)37-27(19)17-30(3)16-21-5-6-21/h7-13,19-21,27,29,32H,5-6,14-18H2,1-4H3/t19-,20-,27+/m0/s1. The molecule has 208 valence electrons. The molecule has 38 heavy (non-hydrogen) atoms. The number of hydrogen-bond acceptors (Lipinski definition) is 7. The number of hydrogen-bond donors (Lipinski definition) is 2. The predicted molar refractivity (Wildman–Crippen MR) is 146 cm³/mol. The van der Waals surface area contributed by atoms with Gasteiger partial charge in [0.05, 0.1) is 31.1 Å². The van der Waals surface area contributed by atoms with Gasteiger partial charge in [0.25, 0.3) is 10.0 Å². The van der Waals surface area contributed by atoms with E-state index in [1.54, 1.807) is 35.2 Å². The maximum Gasteiger partial charge on any atom is 0.261 e. The van der Waals surface area contributed by atoms with E-state index >= 15 is 0 Å². The molecule has 0 bridgehead atoms. The summed E-state index contributed by atoms with van der Waals surface area (Å²) >= 11 is 0. The van der Waals surface area contributed by atoms with Gasteiger partial charge in [-0.25, -0.2) is 8.42 Å². The topological polar surface area (TPSA) is 108 Å². The second-order valence-corrected chi connectivity index (χ2v) is 12.3. The van der Waals surface area contributed by atoms with Crippen LogP contribution in [0.3, 0.4) is 0 Å². The van der Waals surface area contributed by atoms with Gasteiger partial charge in [-0.3, -0.25) is 9.52 Å². The quantitative estimate of drug-likeness (QED) is 0.473. The summed E-state index contributed by atoms with van der Waals surface area (Å²) in [6.07, 6.45) is 2.38. The van der Waals surface area contributed by atoms with Crippen molar-refractivity contribution in [1.29, 1.82) is 0 Å². The minimum absolute atomic E-state index is 0.0220. The van der Waals surface area contributed by atoms with Gasteiger partial charge in [-0.15, -0.1) is 0 Å². The number of nitrogens with one attached hydrogen (secondary N) is 1. The van der Waals surface area contributed by atoms with Crippen molar-refractivity contribution in [3.8, 4) is 11.5 Å². The fourth-order valence-corrected chi connectivity index (χ4v) is 5.85. The van der Waals surface area contributed by atoms with Gasteiger partial charge in [0, 0.05) is 36.8 Å². The van der Waals surface area contributed by atoms with E-state index in [9.17, 15) is 18.3 Å². The molecule has 1 aliphatic heterocycles. The zero-order valence-corrected chi connectivity index (χ0v) is 23.4. The van der Waals surface area contributed by atoms with Gasteiger partial charge >= 0.3 is 0 Å². The predicted octanol–water partition coefficient (Wildman–Crippen LogP) is 2.99. The number of fused-ring (bicyclic) bond motifs is 1. The van der Waals surface area contributed by atoms with Crippen molar-refractivity contribution < 1.29 is 27.8 Å². The van der Waals surface area contributed by atoms with Gasteiger partial charge in [-0.2, -0.15) is 0 Å². The summed E-state index contributed by atoms with van der Waals surface area (Å²) in [5.41, 5.74) is 0.941. The molecule has 0 radical (unpaired) electrons. The number of carbonyl (C=O) groups is 1. The van der Waals surface area contributed by atoms with Crippen LogP contribution in [0.4, 0.5) is 5.69 Å². The molecule has 3 atom stereocenters. The largest absolute Gasteiger partial charge is 0.497 e. The number of methoxy groups -OCH3 is 1. The van der Waals surface area contributed by atoms with E-state index in [4.69, 9.17) is 9.47 Å². The van der Waals surface area contributed by atoms with Crippen LogP contribution in [-0.2, 0) is 21.2 Å². The molecular weight excluding hydrogens is 506 g/mol. The average Bonchev–Trinajstić information content (AvgIpc) is 3.70. The highest BCUT2D eigenvalue weighted by Crippen LogP contribution is 2.32. The van der Waals surface area contributed by atoms with Gasteiger partial charge in [0.15, 0.2) is 0 Å². The number of rotatable bonds is 10. The molecule has 0 spiro atoms. The van der Waals surface area contributed by atoms with Crippen molar-refractivity contribution >= 4 is 21.6 Å². The Balaban J connectivity index is 1.62. The van der Waals surface area contributed by atoms with Crippen LogP contribution in [0.1, 0.15) is 32.3 Å². The zero-order valence-electron chi connectivity index (χ0n) is 22.6. The van der Waals surface area contributed by atoms with Crippen LogP contribution in [0.15, 0.2) is 47.4 Å². The van der Waals surface area contributed by atoms with Gasteiger partial charge in [-0.05, 0) is 75.2 Å². The summed E-state index contributed by atoms with van der Waals surface area (Å²) in [7, 11) is -0.239. The van der Waals surface area contributed by atoms with Crippen molar-refractivity contribution in [3.05, 3.63) is 48.0 Å². The Hall–Kier alpha value is -2.82. The summed E-state index contributed by atoms with van der Waals surface area (Å²) in [4.78, 5) is 17.5. The van der Waals surface area contributed by atoms with Crippen molar-refractivity contribution in [3.63, 3.8) is 0 Å². The number of carbonyl (C=O) groups excluding carboxylic acids is 1. The number of amides is 1. The van der Waals surface area contributed by atoms with Gasteiger partial charge in [0.2, 0.25) is 5.91 Å². The molecule has 2 aliphatic rings. The highest BCUT2D eigenvalue weighted by Gasteiger charge is 2.32. The van der Waals surface area contributed by atoms with E-state index < -0.39 is 10.0 Å². The molecule has 9 nitrogen and oxygen atoms in total. The molecule has 2 N–H and O–H groups in total. The van der Waals surface area contributed by atoms with E-state index in [-0.39, 0.29) is 41.9 Å². The fourth-order valence-electron chi connectivity index (χ4n) is 4.80. The SMILES string of the molecule is COc1ccc(S(=O)(=O)Nc2ccc3c(c2)CC(=O)N([C@@H](C)CO)C[C@H](C)[C@@H](CN(C)CC2CC2)O3)cc1. The molecule has 2 aromatic rings. The summed E-state index contributed by atoms with van der Waals surface area (Å²) in [6, 6.07) is 10.8. The number of ether oxygens (including phenoxy) is 2. The summed E-state index contributed by atoms with van der Waals surface area (Å²) in [6.45, 7) is 5.95. The van der Waals surface area contributed by atoms with E-state index in [1.165, 1.54) is 32.1 Å². The minimum Gasteiger partial charge on any atom is -0.497 e. The number of aliphatic hydroxyl groups is 1. The molecule has 0 unspecified atom stereocenters. The van der Waals surface area contributed by atoms with Crippen LogP contribution in [0, 0.1) is 11.8 Å². The molecule has 1 amide bonds. The maximum atomic E-state index is 13.4. The molecule has 0 saturated heterocycles. The van der Waals surface area contributed by atoms with E-state index in [1.807, 2.05) is 6.92 Å². The molecule has 1 heterocycles. The highest BCUT2D eigenvalue weighted by molar-refractivity contribution is 7.92. The molecule has 1 saturated carbocycles. The summed E-state index contributed by atoms with van der Waals surface area (Å²) in [5, 5.41) is 9.83. The van der Waals surface area contributed by atoms with Crippen LogP contribution in [0.25, 0.3) is 0 Å². The Labute approximate surface area is 225 Å². The third kappa shape index (κ3) is 6.98. The number of benzene rings is 2. The third-order valence-corrected chi connectivity index (χ3v) is 8.69. The number of nitrogens with zero attached hydrogens (tertiary/aromatic N) is 2. The van der Waals surface area contributed by atoms with Gasteiger partial charge in [-0.1, -0.05) is 6.92 Å². The number of sulfonamides is 1. The first-order chi connectivity index (χ1) is 18.1. The number of likely N-dealkylation sites (N-methyl/N-ethyl adjacent to an activating group) is 1. The molecule has 1 fully saturated rings. The fraction of sp³-hybridized carbons (Fsp3) is 0.536. The molecule has 4 rings (SSSR count). The Morgan fingerprint density at radius 2 is 1.89 bits per heavy atom. The van der Waals surface area contributed by atoms with Crippen LogP contribution in [0.2, 0.25) is 0 Å². The van der Waals surface area contributed by atoms with Crippen LogP contribution >= 0.6 is 0 Å². The smallest absolute Gasteiger partial charge is 0.261 e. The average molecular weight is 546 g/mol. The lowest BCUT2D eigenvalue weighted by atomic mass is 10.0. The summed E-state index contributed by atoms with van der Waals surface area (Å²) < 4.78 is 40.3. The van der Waals surface area contributed by atoms with Crippen molar-refractivity contribution in [1.82, 2.24) is 9.80 Å². The lowest BCUT2D eigenvalue weighted by Crippen LogP contribution is -2.47. The molecule has 1 aliphatic carbocycles. The van der Waals surface area contributed by atoms with Gasteiger partial charge in [0.1, 0.15) is 17.6 Å². The third-order valence-electron chi connectivity index (χ3n) is 7.30. The molecule has 0 aromatic heterocycles. The lowest BCUT2D eigenvalue weighted by Gasteiger charge is -2.34. The first-order valence-corrected chi connectivity index (χ1v) is 14.6. The van der Waals surface area contributed by atoms with E-state index in [0.29, 0.717) is 35.8 Å². The lowest BCUT2D eigenvalue weighted by molar-refractivity contribution is -0.134. The van der Waals surface area contributed by atoms with Crippen molar-refractivity contribution in [2.24, 2.45) is 11.8 Å². The first-order valence-electron chi connectivity index (χ1n) is 13.1. The van der Waals surface area contributed by atoms with Crippen LogP contribution < -0.4 is 14.2 Å². The minimum atomic E-state index is -3.85. The van der Waals surface area contributed by atoms with Crippen LogP contribution in [0.5, 0.6) is 11.5 Å². The van der Waals surface area contributed by atoms with E-state index in [2.05, 4.69) is 23.6 Å². The Morgan fingerprint density at radius 1 is 1.18 bits per heavy atom. The second-order valence-electron chi connectivity index (χ2n) is 10.7. The van der Waals surface area contributed by atoms with Crippen molar-refractivity contribution in [2.75, 3.05) is 45.1 Å². The Kier molecular flexibility index (Phi) is 8.85. The van der Waals surface area contributed by atoms with E-state index in [0.717, 1.165) is 12.5 Å². The maximum absolute atomic E-state index is 13.4. The molecular formula is C28H39N3O6S. The molecule has 10 heteroatoms. The Bertz CT molecular complexity index is 1220. The molecule has 2 aromatic carbocycles. The Morgan fingerprint density at radius 3 is 2.53 bits per heavy atom. The van der Waals surface area contributed by atoms with Crippen molar-refractivity contribution in [2.45, 2.75) is 50.2 Å². The highest BCUT2D eigenvalue weighted by atomic mass is 32.2. The monoisotopic (exact) mass is 545 g/mol. The zero-order chi connectivity index (χ0) is 27.4. The second kappa shape index (κ2) is 11.9. The van der Waals surface area contributed by atoms with Gasteiger partial charge < -0.3 is 24.4 Å².